The van der Waals surface area contributed by atoms with Crippen LogP contribution in [0.4, 0.5) is 0 Å². The van der Waals surface area contributed by atoms with Crippen LogP contribution >= 0.6 is 0 Å². The summed E-state index contributed by atoms with van der Waals surface area (Å²) >= 11 is 0. The number of hydrogen-bond acceptors (Lipinski definition) is 9. The number of ether oxygens (including phenoxy) is 2. The molecule has 9 heteroatoms. The van der Waals surface area contributed by atoms with Crippen LogP contribution in [-0.2, 0) is 14.3 Å². The Hall–Kier alpha value is -2.20. The molecule has 0 aromatic heterocycles. The molecule has 0 heterocycles. The Morgan fingerprint density at radius 1 is 1.05 bits per heavy atom. The van der Waals surface area contributed by atoms with Gasteiger partial charge in [0.15, 0.2) is 23.7 Å². The molecule has 1 rings (SSSR count). The number of methoxy groups -OCH3 is 1. The van der Waals surface area contributed by atoms with Crippen molar-refractivity contribution in [2.75, 3.05) is 20.3 Å². The molecule has 2 atom stereocenters. The average molecular weight is 318 g/mol. The van der Waals surface area contributed by atoms with Crippen LogP contribution < -0.4 is 4.74 Å². The van der Waals surface area contributed by atoms with E-state index in [4.69, 9.17) is 30.3 Å². The molecule has 0 radical (unpaired) electrons. The van der Waals surface area contributed by atoms with E-state index in [-0.39, 0.29) is 5.75 Å². The van der Waals surface area contributed by atoms with Crippen LogP contribution in [-0.4, -0.2) is 70.0 Å². The number of aliphatic hydroxyl groups excluding tert-OH is 4. The van der Waals surface area contributed by atoms with Crippen molar-refractivity contribution >= 4 is 11.9 Å². The molecule has 0 fully saturated rings. The zero-order valence-electron chi connectivity index (χ0n) is 11.7. The highest BCUT2D eigenvalue weighted by molar-refractivity contribution is 5.89. The number of phenolic OH excluding ortho intramolecular Hbond substituents is 1. The molecule has 0 spiro atoms. The van der Waals surface area contributed by atoms with E-state index in [1.54, 1.807) is 24.3 Å². The van der Waals surface area contributed by atoms with Gasteiger partial charge >= 0.3 is 11.9 Å². The summed E-state index contributed by atoms with van der Waals surface area (Å²) in [5, 5.41) is 42.7. The Kier molecular flexibility index (Phi) is 9.46. The Labute approximate surface area is 126 Å². The van der Waals surface area contributed by atoms with Crippen LogP contribution in [0.15, 0.2) is 24.3 Å². The lowest BCUT2D eigenvalue weighted by atomic mass is 10.3. The SMILES string of the molecule is COc1ccccc1O.O=C(OC(=O)C(O)CO)C(O)CO. The van der Waals surface area contributed by atoms with Gasteiger partial charge in [0, 0.05) is 0 Å². The van der Waals surface area contributed by atoms with Gasteiger partial charge in [-0.2, -0.15) is 0 Å². The van der Waals surface area contributed by atoms with E-state index in [0.29, 0.717) is 5.75 Å². The summed E-state index contributed by atoms with van der Waals surface area (Å²) in [6.45, 7) is -1.78. The predicted molar refractivity (Wildman–Crippen MR) is 71.9 cm³/mol. The number of phenols is 1. The normalized spacial score (nSPS) is 12.4. The summed E-state index contributed by atoms with van der Waals surface area (Å²) in [4.78, 5) is 21.1. The minimum Gasteiger partial charge on any atom is -0.504 e. The van der Waals surface area contributed by atoms with Crippen molar-refractivity contribution in [1.82, 2.24) is 0 Å². The fraction of sp³-hybridized carbons (Fsp3) is 0.385. The van der Waals surface area contributed by atoms with Gasteiger partial charge in [0.25, 0.3) is 0 Å². The van der Waals surface area contributed by atoms with Crippen molar-refractivity contribution in [1.29, 1.82) is 0 Å². The Morgan fingerprint density at radius 2 is 1.50 bits per heavy atom. The van der Waals surface area contributed by atoms with Gasteiger partial charge in [-0.25, -0.2) is 9.59 Å². The molecule has 22 heavy (non-hydrogen) atoms. The van der Waals surface area contributed by atoms with Crippen molar-refractivity contribution in [3.05, 3.63) is 24.3 Å². The van der Waals surface area contributed by atoms with Crippen LogP contribution in [0.3, 0.4) is 0 Å². The highest BCUT2D eigenvalue weighted by Crippen LogP contribution is 2.22. The fourth-order valence-electron chi connectivity index (χ4n) is 1.01. The smallest absolute Gasteiger partial charge is 0.345 e. The number of rotatable bonds is 5. The van der Waals surface area contributed by atoms with Gasteiger partial charge in [0.05, 0.1) is 20.3 Å². The van der Waals surface area contributed by atoms with Crippen LogP contribution in [0.1, 0.15) is 0 Å². The van der Waals surface area contributed by atoms with Gasteiger partial charge in [-0.1, -0.05) is 12.1 Å². The first-order chi connectivity index (χ1) is 10.4. The first-order valence-electron chi connectivity index (χ1n) is 6.02. The highest BCUT2D eigenvalue weighted by Gasteiger charge is 2.23. The lowest BCUT2D eigenvalue weighted by Crippen LogP contribution is -2.34. The minimum atomic E-state index is -1.82. The van der Waals surface area contributed by atoms with Crippen molar-refractivity contribution in [2.24, 2.45) is 0 Å². The van der Waals surface area contributed by atoms with Crippen LogP contribution in [0.2, 0.25) is 0 Å². The van der Waals surface area contributed by atoms with Crippen LogP contribution in [0, 0.1) is 0 Å². The van der Waals surface area contributed by atoms with E-state index in [9.17, 15) is 9.59 Å². The molecule has 0 aliphatic heterocycles. The molecule has 9 nitrogen and oxygen atoms in total. The maximum absolute atomic E-state index is 10.6. The summed E-state index contributed by atoms with van der Waals surface area (Å²) < 4.78 is 8.65. The molecule has 5 N–H and O–H groups in total. The first kappa shape index (κ1) is 19.8. The molecular formula is C13H18O9. The number of carbonyl (C=O) groups excluding carboxylic acids is 2. The van der Waals surface area contributed by atoms with Gasteiger partial charge in [-0.3, -0.25) is 0 Å². The molecule has 0 amide bonds. The quantitative estimate of drug-likeness (QED) is 0.311. The Bertz CT molecular complexity index is 454. The van der Waals surface area contributed by atoms with E-state index < -0.39 is 37.4 Å². The van der Waals surface area contributed by atoms with E-state index in [1.165, 1.54) is 7.11 Å². The Balaban J connectivity index is 0.000000425. The largest absolute Gasteiger partial charge is 0.504 e. The molecular weight excluding hydrogens is 300 g/mol. The molecule has 0 bridgehead atoms. The van der Waals surface area contributed by atoms with E-state index in [1.807, 2.05) is 0 Å². The van der Waals surface area contributed by atoms with E-state index in [0.717, 1.165) is 0 Å². The van der Waals surface area contributed by atoms with E-state index >= 15 is 0 Å². The molecule has 0 saturated carbocycles. The van der Waals surface area contributed by atoms with Crippen molar-refractivity contribution in [3.63, 3.8) is 0 Å². The van der Waals surface area contributed by atoms with Gasteiger partial charge in [0.2, 0.25) is 0 Å². The van der Waals surface area contributed by atoms with E-state index in [2.05, 4.69) is 4.74 Å². The number of para-hydroxylation sites is 2. The number of hydrogen-bond donors (Lipinski definition) is 5. The molecule has 124 valence electrons. The molecule has 0 saturated heterocycles. The zero-order chi connectivity index (χ0) is 17.1. The van der Waals surface area contributed by atoms with Gasteiger partial charge in [-0.15, -0.1) is 0 Å². The second kappa shape index (κ2) is 10.5. The second-order valence-corrected chi connectivity index (χ2v) is 3.81. The predicted octanol–water partition coefficient (Wildman–Crippen LogP) is -1.84. The van der Waals surface area contributed by atoms with Gasteiger partial charge < -0.3 is 35.0 Å². The summed E-state index contributed by atoms with van der Waals surface area (Å²) in [6.07, 6.45) is -3.65. The van der Waals surface area contributed by atoms with Crippen LogP contribution in [0.5, 0.6) is 11.5 Å². The molecule has 1 aromatic rings. The number of aromatic hydroxyl groups is 1. The number of aliphatic hydroxyl groups is 4. The topological polar surface area (TPSA) is 154 Å². The molecule has 0 aliphatic rings. The van der Waals surface area contributed by atoms with Gasteiger partial charge in [0.1, 0.15) is 0 Å². The fourth-order valence-corrected chi connectivity index (χ4v) is 1.01. The monoisotopic (exact) mass is 318 g/mol. The Morgan fingerprint density at radius 3 is 1.82 bits per heavy atom. The average Bonchev–Trinajstić information content (AvgIpc) is 2.54. The third-order valence-corrected chi connectivity index (χ3v) is 2.18. The van der Waals surface area contributed by atoms with Crippen LogP contribution in [0.25, 0.3) is 0 Å². The summed E-state index contributed by atoms with van der Waals surface area (Å²) in [5.74, 6) is -2.06. The summed E-state index contributed by atoms with van der Waals surface area (Å²) in [6, 6.07) is 6.84. The lowest BCUT2D eigenvalue weighted by Gasteiger charge is -2.08. The zero-order valence-corrected chi connectivity index (χ0v) is 11.7. The molecule has 1 aromatic carbocycles. The molecule has 2 unspecified atom stereocenters. The van der Waals surface area contributed by atoms with Crippen molar-refractivity contribution < 1.29 is 44.6 Å². The summed E-state index contributed by atoms with van der Waals surface area (Å²) in [7, 11) is 1.52. The van der Waals surface area contributed by atoms with Gasteiger partial charge in [-0.05, 0) is 12.1 Å². The van der Waals surface area contributed by atoms with Crippen molar-refractivity contribution in [2.45, 2.75) is 12.2 Å². The maximum Gasteiger partial charge on any atom is 0.345 e. The lowest BCUT2D eigenvalue weighted by molar-refractivity contribution is -0.173. The highest BCUT2D eigenvalue weighted by atomic mass is 16.6. The standard InChI is InChI=1S/C7H8O2.C6H10O7/c1-9-7-5-3-2-4-6(7)8;7-1-3(9)5(11)13-6(12)4(10)2-8/h2-5,8H,1H3;3-4,7-10H,1-2H2. The maximum atomic E-state index is 10.6. The second-order valence-electron chi connectivity index (χ2n) is 3.81. The summed E-state index contributed by atoms with van der Waals surface area (Å²) in [5.41, 5.74) is 0. The molecule has 0 aliphatic carbocycles. The third-order valence-electron chi connectivity index (χ3n) is 2.18. The number of esters is 2. The van der Waals surface area contributed by atoms with Crippen molar-refractivity contribution in [3.8, 4) is 11.5 Å². The number of benzene rings is 1. The third kappa shape index (κ3) is 6.99. The number of carbonyl (C=O) groups is 2. The first-order valence-corrected chi connectivity index (χ1v) is 6.02. The minimum absolute atomic E-state index is 0.181.